The quantitative estimate of drug-likeness (QED) is 0.566. The van der Waals surface area contributed by atoms with E-state index in [9.17, 15) is 14.9 Å². The number of aliphatic imine (C=N–C) groups is 1. The van der Waals surface area contributed by atoms with Crippen LogP contribution in [0.4, 0.5) is 5.69 Å². The Morgan fingerprint density at radius 3 is 2.69 bits per heavy atom. The molecule has 0 fully saturated rings. The zero-order chi connectivity index (χ0) is 18.5. The fraction of sp³-hybridized carbons (Fsp3) is 0.158. The first-order valence-corrected chi connectivity index (χ1v) is 8.27. The van der Waals surface area contributed by atoms with E-state index >= 15 is 0 Å². The number of para-hydroxylation sites is 2. The Hall–Kier alpha value is -3.48. The molecular formula is C19H18N4O3. The van der Waals surface area contributed by atoms with Gasteiger partial charge in [0.1, 0.15) is 11.2 Å². The Balaban J connectivity index is 1.84. The van der Waals surface area contributed by atoms with Crippen molar-refractivity contribution in [2.75, 3.05) is 6.54 Å². The molecule has 0 bridgehead atoms. The number of hydrogen-bond donors (Lipinski definition) is 1. The fourth-order valence-electron chi connectivity index (χ4n) is 2.47. The zero-order valence-electron chi connectivity index (χ0n) is 14.3. The molecule has 3 aromatic rings. The summed E-state index contributed by atoms with van der Waals surface area (Å²) >= 11 is 0. The van der Waals surface area contributed by atoms with Crippen LogP contribution < -0.4 is 9.74 Å². The largest absolute Gasteiger partial charge is 0.805 e. The molecule has 0 spiro atoms. The van der Waals surface area contributed by atoms with Crippen molar-refractivity contribution in [3.05, 3.63) is 76.1 Å². The van der Waals surface area contributed by atoms with E-state index in [0.717, 1.165) is 6.42 Å². The average Bonchev–Trinajstić information content (AvgIpc) is 2.68. The molecule has 1 amide bonds. The smallest absolute Gasteiger partial charge is 0.286 e. The molecule has 0 radical (unpaired) electrons. The minimum absolute atomic E-state index is 0.128. The molecule has 1 N–H and O–H groups in total. The topological polar surface area (TPSA) is 92.4 Å². The molecule has 0 saturated carbocycles. The minimum atomic E-state index is -0.137. The minimum Gasteiger partial charge on any atom is -0.805 e. The van der Waals surface area contributed by atoms with Crippen molar-refractivity contribution in [3.8, 4) is 0 Å². The summed E-state index contributed by atoms with van der Waals surface area (Å²) < 4.78 is 1.31. The van der Waals surface area contributed by atoms with Gasteiger partial charge in [-0.1, -0.05) is 19.1 Å². The maximum absolute atomic E-state index is 12.4. The summed E-state index contributed by atoms with van der Waals surface area (Å²) in [7, 11) is 0. The number of aromatic nitrogens is 2. The highest BCUT2D eigenvalue weighted by atomic mass is 16.5. The van der Waals surface area contributed by atoms with E-state index < -0.39 is 0 Å². The van der Waals surface area contributed by atoms with Gasteiger partial charge in [-0.25, -0.2) is 0 Å². The molecule has 0 atom stereocenters. The van der Waals surface area contributed by atoms with Crippen LogP contribution in [-0.4, -0.2) is 23.4 Å². The van der Waals surface area contributed by atoms with Gasteiger partial charge in [0.15, 0.2) is 0 Å². The molecule has 0 aliphatic heterocycles. The lowest BCUT2D eigenvalue weighted by atomic mass is 10.2. The van der Waals surface area contributed by atoms with Crippen LogP contribution in [0.1, 0.15) is 29.4 Å². The van der Waals surface area contributed by atoms with Crippen LogP contribution in [0.3, 0.4) is 0 Å². The first-order chi connectivity index (χ1) is 12.6. The first-order valence-electron chi connectivity index (χ1n) is 8.27. The second kappa shape index (κ2) is 7.60. The van der Waals surface area contributed by atoms with Gasteiger partial charge in [-0.15, -0.1) is 0 Å². The third-order valence-electron chi connectivity index (χ3n) is 3.83. The molecule has 26 heavy (non-hydrogen) atoms. The number of nitrogens with one attached hydrogen (secondary N) is 1. The van der Waals surface area contributed by atoms with Crippen molar-refractivity contribution in [1.82, 2.24) is 10.0 Å². The Morgan fingerprint density at radius 1 is 1.23 bits per heavy atom. The average molecular weight is 350 g/mol. The normalized spacial score (nSPS) is 11.1. The van der Waals surface area contributed by atoms with Crippen LogP contribution in [0, 0.1) is 10.1 Å². The second-order valence-corrected chi connectivity index (χ2v) is 5.72. The molecule has 0 aliphatic carbocycles. The summed E-state index contributed by atoms with van der Waals surface area (Å²) in [5.74, 6) is -0.137. The predicted molar refractivity (Wildman–Crippen MR) is 100 cm³/mol. The molecule has 7 nitrogen and oxygen atoms in total. The van der Waals surface area contributed by atoms with Gasteiger partial charge < -0.3 is 15.3 Å². The molecule has 3 rings (SSSR count). The highest BCUT2D eigenvalue weighted by Crippen LogP contribution is 2.14. The van der Waals surface area contributed by atoms with E-state index in [1.807, 2.05) is 6.92 Å². The molecule has 0 unspecified atom stereocenters. The lowest BCUT2D eigenvalue weighted by molar-refractivity contribution is -0.464. The zero-order valence-corrected chi connectivity index (χ0v) is 14.3. The number of fused-ring (bicyclic) bond motifs is 1. The van der Waals surface area contributed by atoms with E-state index in [1.54, 1.807) is 48.5 Å². The van der Waals surface area contributed by atoms with Gasteiger partial charge in [0.05, 0.1) is 16.3 Å². The van der Waals surface area contributed by atoms with Gasteiger partial charge >= 0.3 is 0 Å². The summed E-state index contributed by atoms with van der Waals surface area (Å²) in [6.45, 7) is 2.61. The standard InChI is InChI=1S/C19H18N4O3/c1-2-11-20-19(24)14-7-9-15(10-8-14)21-12-16-13-22(25)17-5-3-4-6-18(17)23(16)26/h3-10,12-13H,2,11H2,1H3,(H,20,24). The Morgan fingerprint density at radius 2 is 1.96 bits per heavy atom. The SMILES string of the molecule is CCCNC(=O)c1ccc(N=Cc2c[n+](=O)c3ccccc3n2[O-])cc1. The van der Waals surface area contributed by atoms with E-state index in [2.05, 4.69) is 10.3 Å². The van der Waals surface area contributed by atoms with Gasteiger partial charge in [-0.05, 0) is 36.8 Å². The molecule has 7 heteroatoms. The fourth-order valence-corrected chi connectivity index (χ4v) is 2.47. The third-order valence-corrected chi connectivity index (χ3v) is 3.83. The maximum atomic E-state index is 12.4. The van der Waals surface area contributed by atoms with Crippen LogP contribution in [0.5, 0.6) is 0 Å². The van der Waals surface area contributed by atoms with Crippen LogP contribution in [-0.2, 0) is 0 Å². The van der Waals surface area contributed by atoms with Crippen molar-refractivity contribution < 1.29 is 9.22 Å². The molecule has 1 aromatic heterocycles. The molecule has 0 aliphatic rings. The number of rotatable bonds is 5. The van der Waals surface area contributed by atoms with Crippen molar-refractivity contribution in [2.24, 2.45) is 4.99 Å². The van der Waals surface area contributed by atoms with E-state index in [4.69, 9.17) is 0 Å². The molecular weight excluding hydrogens is 332 g/mol. The number of carbonyl (C=O) groups is 1. The number of carbonyl (C=O) groups excluding carboxylic acids is 1. The number of benzene rings is 2. The van der Waals surface area contributed by atoms with Gasteiger partial charge in [0.25, 0.3) is 17.6 Å². The van der Waals surface area contributed by atoms with Crippen LogP contribution in [0.2, 0.25) is 0 Å². The summed E-state index contributed by atoms with van der Waals surface area (Å²) in [6, 6.07) is 13.2. The Bertz CT molecular complexity index is 1020. The highest BCUT2D eigenvalue weighted by molar-refractivity contribution is 5.94. The lowest BCUT2D eigenvalue weighted by Crippen LogP contribution is -2.23. The lowest BCUT2D eigenvalue weighted by Gasteiger charge is -2.13. The van der Waals surface area contributed by atoms with Crippen LogP contribution in [0.25, 0.3) is 11.0 Å². The molecule has 132 valence electrons. The maximum Gasteiger partial charge on any atom is 0.286 e. The number of amides is 1. The number of hydrogen-bond acceptors (Lipinski definition) is 4. The third kappa shape index (κ3) is 3.61. The van der Waals surface area contributed by atoms with Gasteiger partial charge in [0.2, 0.25) is 0 Å². The molecule has 2 aromatic carbocycles. The summed E-state index contributed by atoms with van der Waals surface area (Å²) in [4.78, 5) is 28.1. The van der Waals surface area contributed by atoms with Crippen molar-refractivity contribution in [2.45, 2.75) is 13.3 Å². The van der Waals surface area contributed by atoms with Crippen LogP contribution in [0.15, 0.2) is 59.7 Å². The molecule has 0 saturated heterocycles. The van der Waals surface area contributed by atoms with Gasteiger partial charge in [-0.2, -0.15) is 0 Å². The van der Waals surface area contributed by atoms with Gasteiger partial charge in [0, 0.05) is 23.1 Å². The van der Waals surface area contributed by atoms with E-state index in [0.29, 0.717) is 32.5 Å². The van der Waals surface area contributed by atoms with E-state index in [-0.39, 0.29) is 17.1 Å². The van der Waals surface area contributed by atoms with Crippen molar-refractivity contribution in [3.63, 3.8) is 0 Å². The van der Waals surface area contributed by atoms with Crippen molar-refractivity contribution in [1.29, 1.82) is 0 Å². The Labute approximate surface area is 149 Å². The Kier molecular flexibility index (Phi) is 5.07. The first kappa shape index (κ1) is 17.3. The number of nitrogens with zero attached hydrogens (tertiary/aromatic N) is 3. The highest BCUT2D eigenvalue weighted by Gasteiger charge is 2.10. The van der Waals surface area contributed by atoms with E-state index in [1.165, 1.54) is 12.4 Å². The monoisotopic (exact) mass is 350 g/mol. The predicted octanol–water partition coefficient (Wildman–Crippen LogP) is 2.79. The summed E-state index contributed by atoms with van der Waals surface area (Å²) in [6.07, 6.45) is 3.39. The summed E-state index contributed by atoms with van der Waals surface area (Å²) in [5, 5.41) is 15.2. The van der Waals surface area contributed by atoms with Gasteiger partial charge in [-0.3, -0.25) is 9.79 Å². The van der Waals surface area contributed by atoms with Crippen LogP contribution >= 0.6 is 0 Å². The summed E-state index contributed by atoms with van der Waals surface area (Å²) in [5.41, 5.74) is 1.81. The van der Waals surface area contributed by atoms with Crippen molar-refractivity contribution >= 4 is 28.8 Å². The molecule has 1 heterocycles. The second-order valence-electron chi connectivity index (χ2n) is 5.72.